The van der Waals surface area contributed by atoms with Gasteiger partial charge < -0.3 is 0 Å². The average Bonchev–Trinajstić information content (AvgIpc) is 2.54. The number of hydrogen-bond donors (Lipinski definition) is 0. The predicted molar refractivity (Wildman–Crippen MR) is 99.0 cm³/mol. The molecule has 0 radical (unpaired) electrons. The van der Waals surface area contributed by atoms with E-state index in [0.717, 1.165) is 23.7 Å². The van der Waals surface area contributed by atoms with E-state index in [1.54, 1.807) is 0 Å². The van der Waals surface area contributed by atoms with Crippen LogP contribution in [0.5, 0.6) is 0 Å². The van der Waals surface area contributed by atoms with Crippen molar-refractivity contribution in [2.24, 2.45) is 23.7 Å². The van der Waals surface area contributed by atoms with Crippen LogP contribution in [0.1, 0.15) is 90.4 Å². The van der Waals surface area contributed by atoms with Gasteiger partial charge in [-0.3, -0.25) is 0 Å². The second-order valence-corrected chi connectivity index (χ2v) is 8.01. The zero-order valence-electron chi connectivity index (χ0n) is 14.9. The Morgan fingerprint density at radius 2 is 1.55 bits per heavy atom. The van der Waals surface area contributed by atoms with Crippen molar-refractivity contribution in [3.05, 3.63) is 24.8 Å². The standard InChI is InChI=1S/C22H38/c1-3-8-19-14-16-20(17-15-19)10-5-6-11-22-13-7-12-21(18-22)9-4-2/h3-4,9,19-22H,1,5-8,10-18H2,2H3. The molecule has 0 bridgehead atoms. The predicted octanol–water partition coefficient (Wildman–Crippen LogP) is 7.31. The van der Waals surface area contributed by atoms with Crippen LogP contribution in [0.4, 0.5) is 0 Å². The summed E-state index contributed by atoms with van der Waals surface area (Å²) in [6.45, 7) is 6.07. The van der Waals surface area contributed by atoms with Gasteiger partial charge in [0.1, 0.15) is 0 Å². The van der Waals surface area contributed by atoms with Crippen molar-refractivity contribution in [2.45, 2.75) is 90.4 Å². The Labute approximate surface area is 139 Å². The Morgan fingerprint density at radius 3 is 2.23 bits per heavy atom. The van der Waals surface area contributed by atoms with Crippen LogP contribution in [-0.4, -0.2) is 0 Å². The van der Waals surface area contributed by atoms with E-state index in [4.69, 9.17) is 0 Å². The van der Waals surface area contributed by atoms with Crippen LogP contribution in [0.2, 0.25) is 0 Å². The highest BCUT2D eigenvalue weighted by molar-refractivity contribution is 4.89. The fraction of sp³-hybridized carbons (Fsp3) is 0.818. The molecular formula is C22H38. The van der Waals surface area contributed by atoms with Gasteiger partial charge in [0.05, 0.1) is 0 Å². The van der Waals surface area contributed by atoms with Gasteiger partial charge in [-0.15, -0.1) is 6.58 Å². The molecule has 2 rings (SSSR count). The molecule has 0 aromatic rings. The molecule has 0 saturated heterocycles. The van der Waals surface area contributed by atoms with Crippen molar-refractivity contribution in [2.75, 3.05) is 0 Å². The van der Waals surface area contributed by atoms with Crippen LogP contribution in [0.15, 0.2) is 24.8 Å². The third-order valence-corrected chi connectivity index (χ3v) is 6.23. The van der Waals surface area contributed by atoms with Gasteiger partial charge in [0, 0.05) is 0 Å². The minimum atomic E-state index is 0.892. The smallest absolute Gasteiger partial charge is 0.0231 e. The summed E-state index contributed by atoms with van der Waals surface area (Å²) in [5, 5.41) is 0. The Morgan fingerprint density at radius 1 is 0.864 bits per heavy atom. The molecule has 2 fully saturated rings. The van der Waals surface area contributed by atoms with Gasteiger partial charge in [0.25, 0.3) is 0 Å². The van der Waals surface area contributed by atoms with Gasteiger partial charge in [-0.05, 0) is 62.7 Å². The minimum absolute atomic E-state index is 0.892. The van der Waals surface area contributed by atoms with Crippen molar-refractivity contribution in [3.63, 3.8) is 0 Å². The number of rotatable bonds is 8. The second-order valence-electron chi connectivity index (χ2n) is 8.01. The molecule has 22 heavy (non-hydrogen) atoms. The molecule has 0 nitrogen and oxygen atoms in total. The first-order valence-corrected chi connectivity index (χ1v) is 10.1. The van der Waals surface area contributed by atoms with Crippen molar-refractivity contribution in [1.29, 1.82) is 0 Å². The van der Waals surface area contributed by atoms with Gasteiger partial charge in [-0.1, -0.05) is 69.6 Å². The van der Waals surface area contributed by atoms with Gasteiger partial charge in [-0.25, -0.2) is 0 Å². The molecule has 0 aromatic carbocycles. The summed E-state index contributed by atoms with van der Waals surface area (Å²) in [5.41, 5.74) is 0. The fourth-order valence-corrected chi connectivity index (χ4v) is 4.90. The van der Waals surface area contributed by atoms with E-state index >= 15 is 0 Å². The molecule has 0 heterocycles. The van der Waals surface area contributed by atoms with Gasteiger partial charge in [0.15, 0.2) is 0 Å². The third-order valence-electron chi connectivity index (χ3n) is 6.23. The highest BCUT2D eigenvalue weighted by atomic mass is 14.3. The van der Waals surface area contributed by atoms with Crippen LogP contribution in [0.3, 0.4) is 0 Å². The highest BCUT2D eigenvalue weighted by Crippen LogP contribution is 2.35. The van der Waals surface area contributed by atoms with Gasteiger partial charge in [-0.2, -0.15) is 0 Å². The molecule has 0 amide bonds. The molecule has 0 aromatic heterocycles. The zero-order valence-corrected chi connectivity index (χ0v) is 14.9. The summed E-state index contributed by atoms with van der Waals surface area (Å²) in [6, 6.07) is 0. The minimum Gasteiger partial charge on any atom is -0.103 e. The first-order chi connectivity index (χ1) is 10.8. The van der Waals surface area contributed by atoms with E-state index in [1.165, 1.54) is 83.5 Å². The normalized spacial score (nSPS) is 33.1. The first-order valence-electron chi connectivity index (χ1n) is 10.1. The second kappa shape index (κ2) is 10.3. The molecule has 0 aliphatic heterocycles. The molecule has 0 N–H and O–H groups in total. The van der Waals surface area contributed by atoms with Crippen molar-refractivity contribution >= 4 is 0 Å². The van der Waals surface area contributed by atoms with Crippen molar-refractivity contribution in [1.82, 2.24) is 0 Å². The Hall–Kier alpha value is -0.520. The summed E-state index contributed by atoms with van der Waals surface area (Å²) in [7, 11) is 0. The zero-order chi connectivity index (χ0) is 15.6. The van der Waals surface area contributed by atoms with E-state index in [0.29, 0.717) is 0 Å². The number of allylic oxidation sites excluding steroid dienone is 3. The SMILES string of the molecule is C=CCC1CCC(CCCCC2CCCC(C=CC)C2)CC1. The highest BCUT2D eigenvalue weighted by Gasteiger charge is 2.21. The average molecular weight is 303 g/mol. The van der Waals surface area contributed by atoms with E-state index < -0.39 is 0 Å². The molecular weight excluding hydrogens is 264 g/mol. The molecule has 2 atom stereocenters. The van der Waals surface area contributed by atoms with Crippen molar-refractivity contribution < 1.29 is 0 Å². The molecule has 2 aliphatic carbocycles. The first kappa shape index (κ1) is 17.8. The topological polar surface area (TPSA) is 0 Å². The molecule has 126 valence electrons. The van der Waals surface area contributed by atoms with Crippen LogP contribution in [0, 0.1) is 23.7 Å². The van der Waals surface area contributed by atoms with Crippen LogP contribution in [-0.2, 0) is 0 Å². The third kappa shape index (κ3) is 6.31. The monoisotopic (exact) mass is 302 g/mol. The summed E-state index contributed by atoms with van der Waals surface area (Å²) in [5.74, 6) is 3.92. The van der Waals surface area contributed by atoms with Gasteiger partial charge >= 0.3 is 0 Å². The number of unbranched alkanes of at least 4 members (excludes halogenated alkanes) is 1. The van der Waals surface area contributed by atoms with Crippen LogP contribution < -0.4 is 0 Å². The fourth-order valence-electron chi connectivity index (χ4n) is 4.90. The lowest BCUT2D eigenvalue weighted by molar-refractivity contribution is 0.250. The van der Waals surface area contributed by atoms with Crippen LogP contribution in [0.25, 0.3) is 0 Å². The van der Waals surface area contributed by atoms with E-state index in [1.807, 2.05) is 0 Å². The lowest BCUT2D eigenvalue weighted by Gasteiger charge is -2.29. The lowest BCUT2D eigenvalue weighted by atomic mass is 9.77. The quantitative estimate of drug-likeness (QED) is 0.325. The molecule has 0 spiro atoms. The van der Waals surface area contributed by atoms with E-state index in [-0.39, 0.29) is 0 Å². The maximum Gasteiger partial charge on any atom is -0.0231 e. The maximum absolute atomic E-state index is 3.89. The van der Waals surface area contributed by atoms with Gasteiger partial charge in [0.2, 0.25) is 0 Å². The molecule has 2 saturated carbocycles. The van der Waals surface area contributed by atoms with Crippen molar-refractivity contribution in [3.8, 4) is 0 Å². The van der Waals surface area contributed by atoms with E-state index in [9.17, 15) is 0 Å². The molecule has 2 unspecified atom stereocenters. The molecule has 2 aliphatic rings. The van der Waals surface area contributed by atoms with E-state index in [2.05, 4.69) is 31.7 Å². The molecule has 0 heteroatoms. The number of hydrogen-bond acceptors (Lipinski definition) is 0. The summed E-state index contributed by atoms with van der Waals surface area (Å²) in [6.07, 6.45) is 25.8. The summed E-state index contributed by atoms with van der Waals surface area (Å²) >= 11 is 0. The lowest BCUT2D eigenvalue weighted by Crippen LogP contribution is -2.15. The maximum atomic E-state index is 3.89. The Bertz CT molecular complexity index is 319. The van der Waals surface area contributed by atoms with Crippen LogP contribution >= 0.6 is 0 Å². The Balaban J connectivity index is 1.53. The summed E-state index contributed by atoms with van der Waals surface area (Å²) < 4.78 is 0. The summed E-state index contributed by atoms with van der Waals surface area (Å²) in [4.78, 5) is 0. The Kier molecular flexibility index (Phi) is 8.34. The largest absolute Gasteiger partial charge is 0.103 e.